The van der Waals surface area contributed by atoms with Crippen LogP contribution < -0.4 is 4.90 Å². The van der Waals surface area contributed by atoms with Gasteiger partial charge in [0.15, 0.2) is 0 Å². The van der Waals surface area contributed by atoms with E-state index in [2.05, 4.69) is 35.6 Å². The third kappa shape index (κ3) is 3.34. The van der Waals surface area contributed by atoms with Crippen molar-refractivity contribution in [3.05, 3.63) is 17.0 Å². The van der Waals surface area contributed by atoms with Gasteiger partial charge in [0, 0.05) is 25.6 Å². The molecule has 0 unspecified atom stereocenters. The Morgan fingerprint density at radius 2 is 2.07 bits per heavy atom. The molecule has 0 aliphatic heterocycles. The van der Waals surface area contributed by atoms with E-state index >= 15 is 0 Å². The van der Waals surface area contributed by atoms with Crippen LogP contribution in [-0.2, 0) is 0 Å². The highest BCUT2D eigenvalue weighted by atomic mass is 35.5. The minimum absolute atomic E-state index is 0.303. The summed E-state index contributed by atoms with van der Waals surface area (Å²) in [5.74, 6) is 2.01. The molecule has 0 aromatic carbocycles. The second-order valence-corrected chi connectivity index (χ2v) is 4.37. The lowest BCUT2D eigenvalue weighted by atomic mass is 10.2. The van der Waals surface area contributed by atoms with E-state index in [-0.39, 0.29) is 0 Å². The Kier molecular flexibility index (Phi) is 4.33. The van der Waals surface area contributed by atoms with Crippen LogP contribution >= 0.6 is 11.6 Å². The molecule has 1 aromatic rings. The predicted molar refractivity (Wildman–Crippen MR) is 64.7 cm³/mol. The van der Waals surface area contributed by atoms with Gasteiger partial charge in [-0.3, -0.25) is 0 Å². The molecule has 1 heterocycles. The third-order valence-corrected chi connectivity index (χ3v) is 2.36. The van der Waals surface area contributed by atoms with Crippen molar-refractivity contribution in [2.75, 3.05) is 18.5 Å². The predicted octanol–water partition coefficient (Wildman–Crippen LogP) is 3.10. The smallest absolute Gasteiger partial charge is 0.135 e. The maximum Gasteiger partial charge on any atom is 0.135 e. The van der Waals surface area contributed by atoms with Gasteiger partial charge in [0.1, 0.15) is 16.8 Å². The van der Waals surface area contributed by atoms with Crippen LogP contribution in [-0.4, -0.2) is 23.6 Å². The summed E-state index contributed by atoms with van der Waals surface area (Å²) >= 11 is 5.96. The monoisotopic (exact) mass is 227 g/mol. The molecule has 1 aromatic heterocycles. The lowest BCUT2D eigenvalue weighted by molar-refractivity contribution is 0.757. The second kappa shape index (κ2) is 5.31. The lowest BCUT2D eigenvalue weighted by Crippen LogP contribution is -2.20. The van der Waals surface area contributed by atoms with Crippen LogP contribution in [0.3, 0.4) is 0 Å². The van der Waals surface area contributed by atoms with Crippen LogP contribution in [0.1, 0.15) is 38.9 Å². The zero-order chi connectivity index (χ0) is 11.4. The number of nitrogens with zero attached hydrogens (tertiary/aromatic N) is 3. The molecule has 0 aliphatic carbocycles. The molecule has 0 amide bonds. The zero-order valence-corrected chi connectivity index (χ0v) is 10.5. The Morgan fingerprint density at radius 3 is 2.60 bits per heavy atom. The van der Waals surface area contributed by atoms with E-state index in [0.29, 0.717) is 11.1 Å². The molecular formula is C11H18ClN3. The standard InChI is InChI=1S/C11H18ClN3/c1-5-6-15(4)10-7-9(12)13-11(14-10)8(2)3/h7-8H,5-6H2,1-4H3. The van der Waals surface area contributed by atoms with E-state index in [0.717, 1.165) is 24.6 Å². The molecule has 15 heavy (non-hydrogen) atoms. The highest BCUT2D eigenvalue weighted by Gasteiger charge is 2.09. The van der Waals surface area contributed by atoms with Gasteiger partial charge < -0.3 is 4.90 Å². The molecule has 0 aliphatic rings. The van der Waals surface area contributed by atoms with Gasteiger partial charge >= 0.3 is 0 Å². The van der Waals surface area contributed by atoms with Gasteiger partial charge in [-0.05, 0) is 6.42 Å². The van der Waals surface area contributed by atoms with Gasteiger partial charge in [-0.1, -0.05) is 32.4 Å². The second-order valence-electron chi connectivity index (χ2n) is 3.98. The molecule has 84 valence electrons. The molecule has 0 atom stereocenters. The maximum atomic E-state index is 5.96. The molecule has 0 bridgehead atoms. The minimum Gasteiger partial charge on any atom is -0.360 e. The molecule has 3 nitrogen and oxygen atoms in total. The van der Waals surface area contributed by atoms with Crippen molar-refractivity contribution < 1.29 is 0 Å². The van der Waals surface area contributed by atoms with E-state index in [4.69, 9.17) is 11.6 Å². The van der Waals surface area contributed by atoms with Crippen molar-refractivity contribution in [3.63, 3.8) is 0 Å². The molecule has 0 radical (unpaired) electrons. The molecule has 4 heteroatoms. The summed E-state index contributed by atoms with van der Waals surface area (Å²) in [7, 11) is 2.02. The van der Waals surface area contributed by atoms with Gasteiger partial charge in [0.25, 0.3) is 0 Å². The van der Waals surface area contributed by atoms with Gasteiger partial charge in [-0.2, -0.15) is 0 Å². The van der Waals surface area contributed by atoms with Crippen LogP contribution in [0.15, 0.2) is 6.07 Å². The van der Waals surface area contributed by atoms with Crippen molar-refractivity contribution in [1.82, 2.24) is 9.97 Å². The number of hydrogen-bond donors (Lipinski definition) is 0. The number of hydrogen-bond acceptors (Lipinski definition) is 3. The first-order valence-corrected chi connectivity index (χ1v) is 5.68. The number of aromatic nitrogens is 2. The number of halogens is 1. The topological polar surface area (TPSA) is 29.0 Å². The quantitative estimate of drug-likeness (QED) is 0.741. The summed E-state index contributed by atoms with van der Waals surface area (Å²) in [5, 5.41) is 0.520. The summed E-state index contributed by atoms with van der Waals surface area (Å²) in [4.78, 5) is 10.8. The average molecular weight is 228 g/mol. The SMILES string of the molecule is CCCN(C)c1cc(Cl)nc(C(C)C)n1. The Labute approximate surface area is 96.5 Å². The van der Waals surface area contributed by atoms with Crippen LogP contribution in [0.5, 0.6) is 0 Å². The van der Waals surface area contributed by atoms with Crippen LogP contribution in [0, 0.1) is 0 Å². The minimum atomic E-state index is 0.303. The zero-order valence-electron chi connectivity index (χ0n) is 9.79. The van der Waals surface area contributed by atoms with Gasteiger partial charge in [0.05, 0.1) is 0 Å². The van der Waals surface area contributed by atoms with Gasteiger partial charge in [0.2, 0.25) is 0 Å². The summed E-state index contributed by atoms with van der Waals surface area (Å²) in [6.07, 6.45) is 1.09. The van der Waals surface area contributed by atoms with Crippen molar-refractivity contribution in [2.45, 2.75) is 33.1 Å². The lowest BCUT2D eigenvalue weighted by Gasteiger charge is -2.18. The van der Waals surface area contributed by atoms with Crippen LogP contribution in [0.2, 0.25) is 5.15 Å². The summed E-state index contributed by atoms with van der Waals surface area (Å²) in [6, 6.07) is 1.81. The molecule has 0 fully saturated rings. The van der Waals surface area contributed by atoms with E-state index in [1.165, 1.54) is 0 Å². The van der Waals surface area contributed by atoms with Gasteiger partial charge in [-0.25, -0.2) is 9.97 Å². The fraction of sp³-hybridized carbons (Fsp3) is 0.636. The van der Waals surface area contributed by atoms with E-state index in [1.807, 2.05) is 13.1 Å². The normalized spacial score (nSPS) is 10.8. The Hall–Kier alpha value is -0.830. The summed E-state index contributed by atoms with van der Waals surface area (Å²) in [6.45, 7) is 7.25. The largest absolute Gasteiger partial charge is 0.360 e. The maximum absolute atomic E-state index is 5.96. The van der Waals surface area contributed by atoms with Crippen molar-refractivity contribution in [1.29, 1.82) is 0 Å². The Balaban J connectivity index is 2.98. The van der Waals surface area contributed by atoms with E-state index < -0.39 is 0 Å². The van der Waals surface area contributed by atoms with E-state index in [9.17, 15) is 0 Å². The molecular weight excluding hydrogens is 210 g/mol. The fourth-order valence-corrected chi connectivity index (χ4v) is 1.51. The van der Waals surface area contributed by atoms with Crippen LogP contribution in [0.25, 0.3) is 0 Å². The Bertz CT molecular complexity index is 326. The summed E-state index contributed by atoms with van der Waals surface area (Å²) in [5.41, 5.74) is 0. The first-order chi connectivity index (χ1) is 7.04. The van der Waals surface area contributed by atoms with Crippen molar-refractivity contribution in [2.24, 2.45) is 0 Å². The Morgan fingerprint density at radius 1 is 1.40 bits per heavy atom. The summed E-state index contributed by atoms with van der Waals surface area (Å²) < 4.78 is 0. The first-order valence-electron chi connectivity index (χ1n) is 5.30. The fourth-order valence-electron chi connectivity index (χ4n) is 1.33. The van der Waals surface area contributed by atoms with Crippen LogP contribution in [0.4, 0.5) is 5.82 Å². The van der Waals surface area contributed by atoms with Gasteiger partial charge in [-0.15, -0.1) is 0 Å². The average Bonchev–Trinajstić information content (AvgIpc) is 2.17. The van der Waals surface area contributed by atoms with E-state index in [1.54, 1.807) is 0 Å². The molecule has 0 saturated carbocycles. The highest BCUT2D eigenvalue weighted by molar-refractivity contribution is 6.29. The first kappa shape index (κ1) is 12.2. The number of anilines is 1. The molecule has 0 N–H and O–H groups in total. The van der Waals surface area contributed by atoms with Crippen molar-refractivity contribution >= 4 is 17.4 Å². The molecule has 1 rings (SSSR count). The van der Waals surface area contributed by atoms with Crippen molar-refractivity contribution in [3.8, 4) is 0 Å². The molecule has 0 saturated heterocycles. The molecule has 0 spiro atoms. The number of rotatable bonds is 4. The third-order valence-electron chi connectivity index (χ3n) is 2.17. The highest BCUT2D eigenvalue weighted by Crippen LogP contribution is 2.19.